The van der Waals surface area contributed by atoms with E-state index in [0.717, 1.165) is 122 Å². The molecule has 0 spiro atoms. The summed E-state index contributed by atoms with van der Waals surface area (Å²) in [6.07, 6.45) is 81.0. The molecule has 0 aliphatic rings. The van der Waals surface area contributed by atoms with Gasteiger partial charge in [0.2, 0.25) is 0 Å². The first-order valence-electron chi connectivity index (χ1n) is 27.0. The van der Waals surface area contributed by atoms with Gasteiger partial charge in [-0.3, -0.25) is 14.4 Å². The molecule has 0 bridgehead atoms. The van der Waals surface area contributed by atoms with Crippen LogP contribution in [0.2, 0.25) is 0 Å². The third kappa shape index (κ3) is 53.8. The minimum absolute atomic E-state index is 0.139. The molecule has 6 nitrogen and oxygen atoms in total. The van der Waals surface area contributed by atoms with Gasteiger partial charge < -0.3 is 14.2 Å². The minimum Gasteiger partial charge on any atom is -0.462 e. The molecule has 0 heterocycles. The van der Waals surface area contributed by atoms with E-state index >= 15 is 0 Å². The average Bonchev–Trinajstić information content (AvgIpc) is 3.35. The Bertz CT molecular complexity index is 1610. The van der Waals surface area contributed by atoms with Crippen LogP contribution < -0.4 is 0 Å². The van der Waals surface area contributed by atoms with Crippen molar-refractivity contribution in [2.24, 2.45) is 0 Å². The van der Waals surface area contributed by atoms with Gasteiger partial charge in [0.1, 0.15) is 13.2 Å². The molecule has 0 aromatic carbocycles. The van der Waals surface area contributed by atoms with Crippen LogP contribution in [-0.2, 0) is 28.6 Å². The van der Waals surface area contributed by atoms with Crippen molar-refractivity contribution in [1.29, 1.82) is 0 Å². The summed E-state index contributed by atoms with van der Waals surface area (Å²) in [5.41, 5.74) is 0. The number of hydrogen-bond acceptors (Lipinski definition) is 6. The lowest BCUT2D eigenvalue weighted by atomic mass is 10.1. The Balaban J connectivity index is 4.65. The molecule has 0 amide bonds. The van der Waals surface area contributed by atoms with E-state index < -0.39 is 12.1 Å². The Morgan fingerprint density at radius 1 is 0.304 bits per heavy atom. The van der Waals surface area contributed by atoms with Crippen LogP contribution >= 0.6 is 0 Å². The Morgan fingerprint density at radius 3 is 1.01 bits per heavy atom. The van der Waals surface area contributed by atoms with Crippen LogP contribution in [0.1, 0.15) is 201 Å². The van der Waals surface area contributed by atoms with Crippen LogP contribution in [0.5, 0.6) is 0 Å². The number of hydrogen-bond donors (Lipinski definition) is 0. The standard InChI is InChI=1S/C63H96O6/c1-4-7-10-13-16-19-22-25-28-30-31-33-35-38-41-44-47-50-53-56-62(65)68-59-60(58-67-61(64)55-52-49-46-43-40-37-34-27-24-21-18-15-12-9-6-3)69-63(66)57-54-51-48-45-42-39-36-32-29-26-23-20-17-14-11-8-5-2/h7-8,10-11,16-21,25-29,31,33-34,36,38-39,41,45,47-48,50,60H,4-6,9,12-15,22-24,30,32,35,37,40,42-44,46,49,51-59H2,1-3H3/b10-7-,11-8-,19-16-,20-17-,21-18-,28-25-,29-26-,33-31-,34-27-,39-36-,41-38-,48-45-,50-47-/t60-/m1/s1. The highest BCUT2D eigenvalue weighted by Crippen LogP contribution is 2.11. The molecule has 0 unspecified atom stereocenters. The number of allylic oxidation sites excluding steroid dienone is 26. The third-order valence-electron chi connectivity index (χ3n) is 10.5. The lowest BCUT2D eigenvalue weighted by Gasteiger charge is -2.18. The fraction of sp³-hybridized carbons (Fsp3) is 0.540. The number of carbonyl (C=O) groups excluding carboxylic acids is 3. The molecule has 1 atom stereocenters. The Hall–Kier alpha value is -4.97. The number of unbranched alkanes of at least 4 members (excludes halogenated alkanes) is 9. The first kappa shape index (κ1) is 64.0. The summed E-state index contributed by atoms with van der Waals surface area (Å²) >= 11 is 0. The summed E-state index contributed by atoms with van der Waals surface area (Å²) in [4.78, 5) is 38.0. The van der Waals surface area contributed by atoms with Crippen molar-refractivity contribution in [1.82, 2.24) is 0 Å². The van der Waals surface area contributed by atoms with Gasteiger partial charge in [-0.05, 0) is 128 Å². The van der Waals surface area contributed by atoms with E-state index in [4.69, 9.17) is 14.2 Å². The molecular formula is C63H96O6. The first-order valence-corrected chi connectivity index (χ1v) is 27.0. The monoisotopic (exact) mass is 949 g/mol. The fourth-order valence-corrected chi connectivity index (χ4v) is 6.53. The van der Waals surface area contributed by atoms with Gasteiger partial charge in [-0.2, -0.15) is 0 Å². The maximum absolute atomic E-state index is 12.8. The van der Waals surface area contributed by atoms with Gasteiger partial charge in [0.25, 0.3) is 0 Å². The van der Waals surface area contributed by atoms with Crippen LogP contribution in [0, 0.1) is 0 Å². The SMILES string of the molecule is CC/C=C\C/C=C\C/C=C\C/C=C\C/C=C\C/C=C\CCC(=O)OC[C@@H](COC(=O)CCCCCCC/C=C\C/C=C\CCCCC)OC(=O)CCC/C=C\C/C=C\C/C=C\C/C=C\C/C=C\CC. The second-order valence-corrected chi connectivity index (χ2v) is 17.0. The highest BCUT2D eigenvalue weighted by molar-refractivity contribution is 5.71. The third-order valence-corrected chi connectivity index (χ3v) is 10.5. The molecule has 0 aromatic rings. The van der Waals surface area contributed by atoms with Gasteiger partial charge in [-0.25, -0.2) is 0 Å². The van der Waals surface area contributed by atoms with Crippen molar-refractivity contribution in [3.8, 4) is 0 Å². The maximum atomic E-state index is 12.8. The molecular weight excluding hydrogens is 853 g/mol. The zero-order valence-electron chi connectivity index (χ0n) is 43.8. The Labute approximate surface area is 422 Å². The number of rotatable bonds is 46. The molecule has 0 rings (SSSR count). The second kappa shape index (κ2) is 55.6. The Kier molecular flexibility index (Phi) is 51.6. The van der Waals surface area contributed by atoms with E-state index in [1.54, 1.807) is 0 Å². The predicted molar refractivity (Wildman–Crippen MR) is 297 cm³/mol. The Morgan fingerprint density at radius 2 is 0.609 bits per heavy atom. The summed E-state index contributed by atoms with van der Waals surface area (Å²) in [5.74, 6) is -1.11. The van der Waals surface area contributed by atoms with Gasteiger partial charge in [0.15, 0.2) is 6.10 Å². The number of ether oxygens (including phenoxy) is 3. The van der Waals surface area contributed by atoms with E-state index in [1.807, 2.05) is 12.2 Å². The van der Waals surface area contributed by atoms with Crippen molar-refractivity contribution in [2.45, 2.75) is 207 Å². The van der Waals surface area contributed by atoms with Crippen molar-refractivity contribution in [3.63, 3.8) is 0 Å². The van der Waals surface area contributed by atoms with E-state index in [-0.39, 0.29) is 38.0 Å². The summed E-state index contributed by atoms with van der Waals surface area (Å²) < 4.78 is 16.7. The van der Waals surface area contributed by atoms with Crippen LogP contribution in [0.4, 0.5) is 0 Å². The molecule has 6 heteroatoms. The molecule has 0 aliphatic heterocycles. The lowest BCUT2D eigenvalue weighted by molar-refractivity contribution is -0.166. The van der Waals surface area contributed by atoms with Crippen molar-refractivity contribution in [3.05, 3.63) is 158 Å². The van der Waals surface area contributed by atoms with E-state index in [9.17, 15) is 14.4 Å². The van der Waals surface area contributed by atoms with Crippen LogP contribution in [0.25, 0.3) is 0 Å². The van der Waals surface area contributed by atoms with E-state index in [1.165, 1.54) is 25.7 Å². The van der Waals surface area contributed by atoms with E-state index in [0.29, 0.717) is 19.3 Å². The normalized spacial score (nSPS) is 13.4. The van der Waals surface area contributed by atoms with Crippen LogP contribution in [-0.4, -0.2) is 37.2 Å². The topological polar surface area (TPSA) is 78.9 Å². The fourth-order valence-electron chi connectivity index (χ4n) is 6.53. The summed E-state index contributed by atoms with van der Waals surface area (Å²) in [5, 5.41) is 0. The smallest absolute Gasteiger partial charge is 0.306 e. The molecule has 0 fully saturated rings. The van der Waals surface area contributed by atoms with Crippen LogP contribution in [0.15, 0.2) is 158 Å². The summed E-state index contributed by atoms with van der Waals surface area (Å²) in [6, 6.07) is 0. The minimum atomic E-state index is -0.852. The van der Waals surface area contributed by atoms with Crippen molar-refractivity contribution < 1.29 is 28.6 Å². The predicted octanol–water partition coefficient (Wildman–Crippen LogP) is 18.2. The van der Waals surface area contributed by atoms with E-state index in [2.05, 4.69) is 167 Å². The lowest BCUT2D eigenvalue weighted by Crippen LogP contribution is -2.30. The van der Waals surface area contributed by atoms with Gasteiger partial charge in [-0.15, -0.1) is 0 Å². The molecule has 0 aromatic heterocycles. The number of esters is 3. The highest BCUT2D eigenvalue weighted by atomic mass is 16.6. The second-order valence-electron chi connectivity index (χ2n) is 17.0. The van der Waals surface area contributed by atoms with Crippen molar-refractivity contribution in [2.75, 3.05) is 13.2 Å². The summed E-state index contributed by atoms with van der Waals surface area (Å²) in [6.45, 7) is 6.23. The van der Waals surface area contributed by atoms with Crippen molar-refractivity contribution >= 4 is 17.9 Å². The molecule has 0 aliphatic carbocycles. The quantitative estimate of drug-likeness (QED) is 0.0262. The van der Waals surface area contributed by atoms with Gasteiger partial charge >= 0.3 is 17.9 Å². The molecule has 69 heavy (non-hydrogen) atoms. The molecule has 0 radical (unpaired) electrons. The zero-order chi connectivity index (χ0) is 50.0. The van der Waals surface area contributed by atoms with Crippen LogP contribution in [0.3, 0.4) is 0 Å². The molecule has 0 saturated carbocycles. The summed E-state index contributed by atoms with van der Waals surface area (Å²) in [7, 11) is 0. The first-order chi connectivity index (χ1) is 34.0. The zero-order valence-corrected chi connectivity index (χ0v) is 43.8. The van der Waals surface area contributed by atoms with Gasteiger partial charge in [-0.1, -0.05) is 211 Å². The van der Waals surface area contributed by atoms with Gasteiger partial charge in [0, 0.05) is 19.3 Å². The van der Waals surface area contributed by atoms with Gasteiger partial charge in [0.05, 0.1) is 0 Å². The number of carbonyl (C=O) groups is 3. The molecule has 0 N–H and O–H groups in total. The molecule has 0 saturated heterocycles. The largest absolute Gasteiger partial charge is 0.462 e. The maximum Gasteiger partial charge on any atom is 0.306 e. The molecule has 384 valence electrons. The average molecular weight is 949 g/mol. The highest BCUT2D eigenvalue weighted by Gasteiger charge is 2.19.